The molecule has 0 aliphatic carbocycles. The van der Waals surface area contributed by atoms with Crippen LogP contribution >= 0.6 is 0 Å². The second-order valence-corrected chi connectivity index (χ2v) is 2.12. The van der Waals surface area contributed by atoms with E-state index in [1.54, 1.807) is 6.08 Å². The molecule has 0 bridgehead atoms. The topological polar surface area (TPSA) is 0 Å². The van der Waals surface area contributed by atoms with E-state index in [9.17, 15) is 0 Å². The first-order valence-electron chi connectivity index (χ1n) is 4.65. The fourth-order valence-electron chi connectivity index (χ4n) is 0. The van der Waals surface area contributed by atoms with Gasteiger partial charge in [0.15, 0.2) is 0 Å². The van der Waals surface area contributed by atoms with Crippen molar-refractivity contribution in [1.82, 2.24) is 0 Å². The number of terminal acetylenes is 1. The van der Waals surface area contributed by atoms with Crippen LogP contribution in [0.25, 0.3) is 0 Å². The van der Waals surface area contributed by atoms with Gasteiger partial charge in [0.2, 0.25) is 0 Å². The Bertz CT molecular complexity index is 48.3. The zero-order chi connectivity index (χ0) is 10.8. The van der Waals surface area contributed by atoms with Gasteiger partial charge < -0.3 is 0 Å². The molecule has 0 saturated carbocycles. The van der Waals surface area contributed by atoms with Crippen LogP contribution in [-0.2, 0) is 0 Å². The molecule has 0 rings (SSSR count). The first-order chi connectivity index (χ1) is 5.74. The summed E-state index contributed by atoms with van der Waals surface area (Å²) in [5, 5.41) is 0. The lowest BCUT2D eigenvalue weighted by Gasteiger charge is -1.68. The van der Waals surface area contributed by atoms with Crippen molar-refractivity contribution < 1.29 is 0 Å². The largest absolute Gasteiger partial charge is 0.124 e. The van der Waals surface area contributed by atoms with Gasteiger partial charge >= 0.3 is 0 Å². The van der Waals surface area contributed by atoms with Gasteiger partial charge in [0.1, 0.15) is 0 Å². The van der Waals surface area contributed by atoms with E-state index >= 15 is 0 Å². The molecule has 0 heterocycles. The summed E-state index contributed by atoms with van der Waals surface area (Å²) in [6.45, 7) is 13.9. The fraction of sp³-hybridized carbons (Fsp3) is 0.667. The second-order valence-electron chi connectivity index (χ2n) is 2.12. The van der Waals surface area contributed by atoms with E-state index in [-0.39, 0.29) is 0 Å². The monoisotopic (exact) mass is 170 g/mol. The molecule has 74 valence electrons. The number of rotatable bonds is 1. The Balaban J connectivity index is -0.0000000368. The predicted molar refractivity (Wildman–Crippen MR) is 62.3 cm³/mol. The Hall–Kier alpha value is -0.700. The molecule has 0 aliphatic heterocycles. The maximum Gasteiger partial charge on any atom is -0.0473 e. The van der Waals surface area contributed by atoms with E-state index in [2.05, 4.69) is 47.1 Å². The first-order valence-corrected chi connectivity index (χ1v) is 4.65. The van der Waals surface area contributed by atoms with Gasteiger partial charge in [-0.3, -0.25) is 0 Å². The Labute approximate surface area is 80.1 Å². The summed E-state index contributed by atoms with van der Waals surface area (Å²) in [4.78, 5) is 0. The summed E-state index contributed by atoms with van der Waals surface area (Å²) in [5.41, 5.74) is 0. The quantitative estimate of drug-likeness (QED) is 0.396. The lowest BCUT2D eigenvalue weighted by atomic mass is 10.4. The minimum absolute atomic E-state index is 1.25. The van der Waals surface area contributed by atoms with Gasteiger partial charge in [-0.05, 0) is 6.92 Å². The van der Waals surface area contributed by atoms with Crippen LogP contribution < -0.4 is 0 Å². The molecule has 0 aromatic heterocycles. The molecule has 0 atom stereocenters. The van der Waals surface area contributed by atoms with Crippen LogP contribution in [0.1, 0.15) is 53.9 Å². The molecule has 0 unspecified atom stereocenters. The molecular weight excluding hydrogens is 144 g/mol. The third-order valence-electron chi connectivity index (χ3n) is 0.500. The summed E-state index contributed by atoms with van der Waals surface area (Å²) >= 11 is 0. The van der Waals surface area contributed by atoms with Gasteiger partial charge in [-0.1, -0.05) is 53.0 Å². The van der Waals surface area contributed by atoms with Crippen molar-refractivity contribution in [2.45, 2.75) is 53.9 Å². The first kappa shape index (κ1) is 22.5. The fourth-order valence-corrected chi connectivity index (χ4v) is 0. The van der Waals surface area contributed by atoms with Crippen molar-refractivity contribution in [2.24, 2.45) is 0 Å². The minimum Gasteiger partial charge on any atom is -0.124 e. The molecule has 0 aromatic rings. The summed E-state index contributed by atoms with van der Waals surface area (Å²) in [6, 6.07) is 0. The zero-order valence-electron chi connectivity index (χ0n) is 9.56. The molecule has 0 saturated heterocycles. The summed E-state index contributed by atoms with van der Waals surface area (Å²) in [6.07, 6.45) is 13.6. The Morgan fingerprint density at radius 2 is 1.08 bits per heavy atom. The summed E-state index contributed by atoms with van der Waals surface area (Å²) in [7, 11) is 0. The van der Waals surface area contributed by atoms with Crippen LogP contribution in [0, 0.1) is 12.8 Å². The third-order valence-corrected chi connectivity index (χ3v) is 0.500. The molecule has 0 heteroatoms. The van der Waals surface area contributed by atoms with Crippen LogP contribution in [0.15, 0.2) is 12.7 Å². The predicted octanol–water partition coefficient (Wildman–Crippen LogP) is 4.66. The highest BCUT2D eigenvalue weighted by molar-refractivity contribution is 4.51. The van der Waals surface area contributed by atoms with E-state index in [0.29, 0.717) is 0 Å². The molecule has 0 N–H and O–H groups in total. The normalized spacial score (nSPS) is 5.25. The van der Waals surface area contributed by atoms with Gasteiger partial charge in [-0.15, -0.1) is 19.4 Å². The molecular formula is C12H26. The molecule has 12 heavy (non-hydrogen) atoms. The maximum atomic E-state index is 4.00. The van der Waals surface area contributed by atoms with Gasteiger partial charge in [0, 0.05) is 0 Å². The lowest BCUT2D eigenvalue weighted by molar-refractivity contribution is 0.886. The molecule has 0 aromatic carbocycles. The van der Waals surface area contributed by atoms with Gasteiger partial charge in [0.05, 0.1) is 0 Å². The maximum absolute atomic E-state index is 4.00. The van der Waals surface area contributed by atoms with Crippen LogP contribution in [0.5, 0.6) is 0 Å². The van der Waals surface area contributed by atoms with Crippen LogP contribution in [0.3, 0.4) is 0 Å². The highest BCUT2D eigenvalue weighted by Crippen LogP contribution is 1.76. The second kappa shape index (κ2) is 81.8. The average molecular weight is 170 g/mol. The van der Waals surface area contributed by atoms with E-state index in [1.807, 2.05) is 6.92 Å². The summed E-state index contributed by atoms with van der Waals surface area (Å²) < 4.78 is 0. The van der Waals surface area contributed by atoms with Crippen LogP contribution in [-0.4, -0.2) is 0 Å². The van der Waals surface area contributed by atoms with Gasteiger partial charge in [-0.25, -0.2) is 0 Å². The molecule has 0 fully saturated rings. The SMILES string of the molecule is C#C.C=CC.CCC.CCCC. The summed E-state index contributed by atoms with van der Waals surface area (Å²) in [5.74, 6) is 0. The Morgan fingerprint density at radius 1 is 1.00 bits per heavy atom. The molecule has 0 spiro atoms. The number of allylic oxidation sites excluding steroid dienone is 1. The van der Waals surface area contributed by atoms with E-state index in [1.165, 1.54) is 19.3 Å². The highest BCUT2D eigenvalue weighted by Gasteiger charge is 1.56. The minimum atomic E-state index is 1.25. The van der Waals surface area contributed by atoms with E-state index in [0.717, 1.165) is 0 Å². The van der Waals surface area contributed by atoms with Crippen molar-refractivity contribution in [2.75, 3.05) is 0 Å². The van der Waals surface area contributed by atoms with E-state index < -0.39 is 0 Å². The number of hydrogen-bond acceptors (Lipinski definition) is 0. The van der Waals surface area contributed by atoms with Gasteiger partial charge in [-0.2, -0.15) is 0 Å². The van der Waals surface area contributed by atoms with Crippen molar-refractivity contribution in [3.63, 3.8) is 0 Å². The van der Waals surface area contributed by atoms with Crippen LogP contribution in [0.2, 0.25) is 0 Å². The average Bonchev–Trinajstić information content (AvgIpc) is 2.10. The Kier molecular flexibility index (Phi) is 153. The van der Waals surface area contributed by atoms with E-state index in [4.69, 9.17) is 0 Å². The smallest absolute Gasteiger partial charge is 0.0473 e. The molecule has 0 nitrogen and oxygen atoms in total. The Morgan fingerprint density at radius 3 is 1.08 bits per heavy atom. The standard InChI is InChI=1S/C4H10.C3H8.C3H6.C2H2/c1-3-4-2;2*1-3-2;1-2/h3-4H2,1-2H3;3H2,1-2H3;3H,1H2,2H3;1-2H. The van der Waals surface area contributed by atoms with Crippen LogP contribution in [0.4, 0.5) is 0 Å². The van der Waals surface area contributed by atoms with Crippen molar-refractivity contribution in [3.05, 3.63) is 12.7 Å². The molecule has 0 amide bonds. The number of unbranched alkanes of at least 4 members (excludes halogenated alkanes) is 1. The zero-order valence-corrected chi connectivity index (χ0v) is 9.56. The van der Waals surface area contributed by atoms with Gasteiger partial charge in [0.25, 0.3) is 0 Å². The lowest BCUT2D eigenvalue weighted by Crippen LogP contribution is -1.47. The molecule has 0 aliphatic rings. The van der Waals surface area contributed by atoms with Crippen molar-refractivity contribution in [1.29, 1.82) is 0 Å². The number of hydrogen-bond donors (Lipinski definition) is 0. The highest BCUT2D eigenvalue weighted by atomic mass is 13.6. The molecule has 0 radical (unpaired) electrons. The van der Waals surface area contributed by atoms with Crippen molar-refractivity contribution in [3.8, 4) is 12.8 Å². The van der Waals surface area contributed by atoms with Crippen molar-refractivity contribution >= 4 is 0 Å². The third kappa shape index (κ3) is 7120.